The van der Waals surface area contributed by atoms with E-state index in [-0.39, 0.29) is 30.8 Å². The van der Waals surface area contributed by atoms with Crippen molar-refractivity contribution in [2.24, 2.45) is 5.73 Å². The van der Waals surface area contributed by atoms with Crippen LogP contribution in [0.4, 0.5) is 4.39 Å². The lowest BCUT2D eigenvalue weighted by Gasteiger charge is -2.41. The van der Waals surface area contributed by atoms with Crippen LogP contribution in [-0.2, 0) is 16.0 Å². The van der Waals surface area contributed by atoms with Crippen molar-refractivity contribution in [1.82, 2.24) is 4.90 Å². The molecule has 4 atom stereocenters. The molecule has 0 aromatic heterocycles. The molecule has 6 heteroatoms. The summed E-state index contributed by atoms with van der Waals surface area (Å²) < 4.78 is 19.0. The average molecular weight is 370 g/mol. The Labute approximate surface area is 157 Å². The summed E-state index contributed by atoms with van der Waals surface area (Å²) >= 11 is 0. The van der Waals surface area contributed by atoms with Gasteiger partial charge in [0.05, 0.1) is 18.8 Å². The number of hydrogen-bond donors (Lipinski definition) is 2. The molecule has 0 radical (unpaired) electrons. The summed E-state index contributed by atoms with van der Waals surface area (Å²) in [5.74, 6) is -0.447. The zero-order chi connectivity index (χ0) is 19.0. The Bertz CT molecular complexity index is 826. The fourth-order valence-corrected chi connectivity index (χ4v) is 3.98. The average Bonchev–Trinajstić information content (AvgIpc) is 2.69. The second kappa shape index (κ2) is 7.38. The third-order valence-corrected chi connectivity index (χ3v) is 5.48. The van der Waals surface area contributed by atoms with Gasteiger partial charge in [-0.25, -0.2) is 4.39 Å². The lowest BCUT2D eigenvalue weighted by atomic mass is 9.87. The minimum absolute atomic E-state index is 0.0587. The first-order chi connectivity index (χ1) is 13.0. The molecule has 0 aliphatic carbocycles. The van der Waals surface area contributed by atoms with Crippen molar-refractivity contribution in [3.05, 3.63) is 71.0 Å². The smallest absolute Gasteiger partial charge is 0.252 e. The van der Waals surface area contributed by atoms with E-state index < -0.39 is 18.2 Å². The first-order valence-corrected chi connectivity index (χ1v) is 9.23. The fraction of sp³-hybridized carbons (Fsp3) is 0.381. The van der Waals surface area contributed by atoms with Crippen LogP contribution in [-0.4, -0.2) is 47.3 Å². The van der Waals surface area contributed by atoms with Crippen LogP contribution in [0.3, 0.4) is 0 Å². The highest BCUT2D eigenvalue weighted by atomic mass is 19.1. The zero-order valence-corrected chi connectivity index (χ0v) is 14.9. The highest BCUT2D eigenvalue weighted by Crippen LogP contribution is 2.36. The van der Waals surface area contributed by atoms with Crippen molar-refractivity contribution in [3.8, 4) is 0 Å². The van der Waals surface area contributed by atoms with Crippen molar-refractivity contribution >= 4 is 5.91 Å². The molecule has 1 saturated heterocycles. The molecule has 2 heterocycles. The maximum Gasteiger partial charge on any atom is 0.252 e. The molecule has 0 unspecified atom stereocenters. The van der Waals surface area contributed by atoms with Crippen molar-refractivity contribution < 1.29 is 19.0 Å². The van der Waals surface area contributed by atoms with Gasteiger partial charge in [0.2, 0.25) is 0 Å². The van der Waals surface area contributed by atoms with Gasteiger partial charge in [0.25, 0.3) is 5.91 Å². The Hall–Kier alpha value is -2.28. The molecule has 1 amide bonds. The van der Waals surface area contributed by atoms with E-state index in [9.17, 15) is 14.3 Å². The molecule has 3 N–H and O–H groups in total. The van der Waals surface area contributed by atoms with E-state index in [4.69, 9.17) is 10.5 Å². The van der Waals surface area contributed by atoms with Crippen molar-refractivity contribution in [2.75, 3.05) is 13.2 Å². The number of carbonyl (C=O) groups is 1. The van der Waals surface area contributed by atoms with Crippen LogP contribution in [0.1, 0.15) is 29.2 Å². The second-order valence-corrected chi connectivity index (χ2v) is 7.22. The number of nitrogens with two attached hydrogens (primary N) is 1. The van der Waals surface area contributed by atoms with Gasteiger partial charge in [-0.05, 0) is 35.2 Å². The van der Waals surface area contributed by atoms with Gasteiger partial charge in [0.15, 0.2) is 0 Å². The van der Waals surface area contributed by atoms with Gasteiger partial charge in [-0.15, -0.1) is 0 Å². The molecule has 0 saturated carbocycles. The SMILES string of the molecule is N[C@@H]1C[C@@H](C(=O)N2CCc3ccccc3[C@@H]2c2ccc(F)cc2)OC[C@H]1O. The Kier molecular flexibility index (Phi) is 4.95. The topological polar surface area (TPSA) is 75.8 Å². The van der Waals surface area contributed by atoms with E-state index in [1.54, 1.807) is 17.0 Å². The predicted octanol–water partition coefficient (Wildman–Crippen LogP) is 1.78. The highest BCUT2D eigenvalue weighted by Gasteiger charge is 2.39. The molecule has 2 aromatic carbocycles. The summed E-state index contributed by atoms with van der Waals surface area (Å²) in [5, 5.41) is 9.76. The number of aliphatic hydroxyl groups is 1. The number of carbonyl (C=O) groups excluding carboxylic acids is 1. The summed E-state index contributed by atoms with van der Waals surface area (Å²) in [6.45, 7) is 0.610. The van der Waals surface area contributed by atoms with E-state index in [1.165, 1.54) is 17.7 Å². The van der Waals surface area contributed by atoms with E-state index in [1.807, 2.05) is 18.2 Å². The number of nitrogens with zero attached hydrogens (tertiary/aromatic N) is 1. The summed E-state index contributed by atoms with van der Waals surface area (Å²) in [4.78, 5) is 15.1. The first kappa shape index (κ1) is 18.1. The van der Waals surface area contributed by atoms with Crippen LogP contribution >= 0.6 is 0 Å². The highest BCUT2D eigenvalue weighted by molar-refractivity contribution is 5.82. The number of benzene rings is 2. The number of ether oxygens (including phenoxy) is 1. The van der Waals surface area contributed by atoms with E-state index >= 15 is 0 Å². The first-order valence-electron chi connectivity index (χ1n) is 9.23. The van der Waals surface area contributed by atoms with E-state index in [0.29, 0.717) is 6.54 Å². The summed E-state index contributed by atoms with van der Waals surface area (Å²) in [6, 6.07) is 13.5. The van der Waals surface area contributed by atoms with Gasteiger partial charge in [-0.3, -0.25) is 4.79 Å². The van der Waals surface area contributed by atoms with Crippen LogP contribution in [0.15, 0.2) is 48.5 Å². The predicted molar refractivity (Wildman–Crippen MR) is 98.4 cm³/mol. The molecule has 0 bridgehead atoms. The number of aliphatic hydroxyl groups excluding tert-OH is 1. The van der Waals surface area contributed by atoms with Gasteiger partial charge in [0.1, 0.15) is 11.9 Å². The third kappa shape index (κ3) is 3.48. The monoisotopic (exact) mass is 370 g/mol. The molecule has 2 aliphatic rings. The number of hydrogen-bond acceptors (Lipinski definition) is 4. The quantitative estimate of drug-likeness (QED) is 0.845. The minimum Gasteiger partial charge on any atom is -0.389 e. The standard InChI is InChI=1S/C21H23FN2O3/c22-15-7-5-14(6-8-15)20-16-4-2-1-3-13(16)9-10-24(20)21(26)19-11-17(23)18(25)12-27-19/h1-8,17-20,25H,9-12,23H2/t17-,18-,19+,20+/m1/s1. The molecule has 2 aliphatic heterocycles. The summed E-state index contributed by atoms with van der Waals surface area (Å²) in [7, 11) is 0. The molecule has 1 fully saturated rings. The van der Waals surface area contributed by atoms with E-state index in [2.05, 4.69) is 6.07 Å². The van der Waals surface area contributed by atoms with Crippen LogP contribution in [0.25, 0.3) is 0 Å². The van der Waals surface area contributed by atoms with Gasteiger partial charge in [-0.2, -0.15) is 0 Å². The Morgan fingerprint density at radius 3 is 2.67 bits per heavy atom. The van der Waals surface area contributed by atoms with Crippen molar-refractivity contribution in [3.63, 3.8) is 0 Å². The summed E-state index contributed by atoms with van der Waals surface area (Å²) in [6.07, 6.45) is -0.379. The van der Waals surface area contributed by atoms with Gasteiger partial charge >= 0.3 is 0 Å². The zero-order valence-electron chi connectivity index (χ0n) is 14.9. The van der Waals surface area contributed by atoms with Gasteiger partial charge < -0.3 is 20.5 Å². The normalized spacial score (nSPS) is 27.9. The Morgan fingerprint density at radius 1 is 1.19 bits per heavy atom. The summed E-state index contributed by atoms with van der Waals surface area (Å²) in [5.41, 5.74) is 9.02. The van der Waals surface area contributed by atoms with Gasteiger partial charge in [0, 0.05) is 19.0 Å². The van der Waals surface area contributed by atoms with Crippen LogP contribution in [0, 0.1) is 5.82 Å². The molecule has 4 rings (SSSR count). The number of amides is 1. The number of halogens is 1. The molecule has 142 valence electrons. The molecule has 0 spiro atoms. The molecule has 5 nitrogen and oxygen atoms in total. The van der Waals surface area contributed by atoms with Crippen LogP contribution < -0.4 is 5.73 Å². The molecular formula is C21H23FN2O3. The van der Waals surface area contributed by atoms with Crippen molar-refractivity contribution in [2.45, 2.75) is 37.1 Å². The Morgan fingerprint density at radius 2 is 1.93 bits per heavy atom. The molecule has 2 aromatic rings. The van der Waals surface area contributed by atoms with Crippen LogP contribution in [0.5, 0.6) is 0 Å². The maximum atomic E-state index is 13.4. The minimum atomic E-state index is -0.746. The molecule has 27 heavy (non-hydrogen) atoms. The fourth-order valence-electron chi connectivity index (χ4n) is 3.98. The second-order valence-electron chi connectivity index (χ2n) is 7.22. The molecular weight excluding hydrogens is 347 g/mol. The number of fused-ring (bicyclic) bond motifs is 1. The van der Waals surface area contributed by atoms with E-state index in [0.717, 1.165) is 17.5 Å². The lowest BCUT2D eigenvalue weighted by molar-refractivity contribution is -0.154. The third-order valence-electron chi connectivity index (χ3n) is 5.48. The van der Waals surface area contributed by atoms with Gasteiger partial charge in [-0.1, -0.05) is 36.4 Å². The van der Waals surface area contributed by atoms with Crippen molar-refractivity contribution in [1.29, 1.82) is 0 Å². The van der Waals surface area contributed by atoms with Crippen LogP contribution in [0.2, 0.25) is 0 Å². The number of rotatable bonds is 2. The largest absolute Gasteiger partial charge is 0.389 e. The Balaban J connectivity index is 1.68. The maximum absolute atomic E-state index is 13.4. The lowest BCUT2D eigenvalue weighted by Crippen LogP contribution is -2.53.